The molecule has 3 heteroatoms. The number of hydrogen-bond acceptors (Lipinski definition) is 3. The summed E-state index contributed by atoms with van der Waals surface area (Å²) in [5.74, 6) is 1.04. The van der Waals surface area contributed by atoms with E-state index in [0.29, 0.717) is 0 Å². The molecule has 1 N–H and O–H groups in total. The fourth-order valence-corrected chi connectivity index (χ4v) is 1.73. The molecule has 0 aliphatic heterocycles. The number of methoxy groups -OCH3 is 1. The average Bonchev–Trinajstić information content (AvgIpc) is 2.30. The highest BCUT2D eigenvalue weighted by atomic mass is 16.5. The van der Waals surface area contributed by atoms with Crippen molar-refractivity contribution in [1.82, 2.24) is 4.98 Å². The number of fused-ring (bicyclic) bond motifs is 1. The van der Waals surface area contributed by atoms with Gasteiger partial charge in [0.15, 0.2) is 0 Å². The molecule has 0 aliphatic carbocycles. The van der Waals surface area contributed by atoms with E-state index in [1.165, 1.54) is 0 Å². The number of rotatable bonds is 3. The second kappa shape index (κ2) is 4.39. The summed E-state index contributed by atoms with van der Waals surface area (Å²) in [6.45, 7) is 2.07. The van der Waals surface area contributed by atoms with Gasteiger partial charge in [0.2, 0.25) is 0 Å². The summed E-state index contributed by atoms with van der Waals surface area (Å²) >= 11 is 0. The van der Waals surface area contributed by atoms with Gasteiger partial charge in [-0.1, -0.05) is 13.3 Å². The molecule has 16 heavy (non-hydrogen) atoms. The highest BCUT2D eigenvalue weighted by Crippen LogP contribution is 2.25. The van der Waals surface area contributed by atoms with Crippen LogP contribution in [-0.4, -0.2) is 17.2 Å². The van der Waals surface area contributed by atoms with Crippen LogP contribution in [0.3, 0.4) is 0 Å². The Hall–Kier alpha value is -1.77. The number of hydrogen-bond donors (Lipinski definition) is 1. The van der Waals surface area contributed by atoms with Gasteiger partial charge in [0.1, 0.15) is 11.5 Å². The van der Waals surface area contributed by atoms with Crippen LogP contribution in [0.5, 0.6) is 11.5 Å². The molecule has 0 fully saturated rings. The lowest BCUT2D eigenvalue weighted by Crippen LogP contribution is -1.91. The van der Waals surface area contributed by atoms with Crippen LogP contribution in [0.1, 0.15) is 19.0 Å². The molecular formula is C13H15NO2. The van der Waals surface area contributed by atoms with E-state index in [0.717, 1.165) is 35.2 Å². The molecule has 0 amide bonds. The van der Waals surface area contributed by atoms with Crippen molar-refractivity contribution < 1.29 is 9.84 Å². The van der Waals surface area contributed by atoms with Crippen LogP contribution in [0.2, 0.25) is 0 Å². The largest absolute Gasteiger partial charge is 0.506 e. The molecule has 0 spiro atoms. The van der Waals surface area contributed by atoms with Gasteiger partial charge >= 0.3 is 0 Å². The molecule has 1 aromatic carbocycles. The van der Waals surface area contributed by atoms with E-state index < -0.39 is 0 Å². The molecule has 0 bridgehead atoms. The van der Waals surface area contributed by atoms with Crippen LogP contribution < -0.4 is 4.74 Å². The second-order valence-electron chi connectivity index (χ2n) is 3.76. The Morgan fingerprint density at radius 1 is 1.31 bits per heavy atom. The standard InChI is InChI=1S/C13H15NO2/c1-3-4-12-13(15)8-9-7-10(16-2)5-6-11(9)14-12/h5-8,15H,3-4H2,1-2H3. The Bertz CT molecular complexity index is 509. The molecule has 2 rings (SSSR count). The molecule has 0 atom stereocenters. The van der Waals surface area contributed by atoms with E-state index >= 15 is 0 Å². The maximum Gasteiger partial charge on any atom is 0.137 e. The molecule has 1 aromatic heterocycles. The number of ether oxygens (including phenoxy) is 1. The van der Waals surface area contributed by atoms with Crippen molar-refractivity contribution in [1.29, 1.82) is 0 Å². The van der Waals surface area contributed by atoms with Gasteiger partial charge in [0.05, 0.1) is 18.3 Å². The monoisotopic (exact) mass is 217 g/mol. The third-order valence-electron chi connectivity index (χ3n) is 2.56. The molecule has 0 aliphatic rings. The number of benzene rings is 1. The smallest absolute Gasteiger partial charge is 0.137 e. The summed E-state index contributed by atoms with van der Waals surface area (Å²) in [6.07, 6.45) is 1.77. The fraction of sp³-hybridized carbons (Fsp3) is 0.308. The van der Waals surface area contributed by atoms with Gasteiger partial charge in [0.25, 0.3) is 0 Å². The molecule has 0 saturated carbocycles. The number of nitrogens with zero attached hydrogens (tertiary/aromatic N) is 1. The first kappa shape index (κ1) is 10.7. The van der Waals surface area contributed by atoms with Crippen LogP contribution in [-0.2, 0) is 6.42 Å². The summed E-state index contributed by atoms with van der Waals surface area (Å²) in [5, 5.41) is 10.7. The van der Waals surface area contributed by atoms with E-state index in [2.05, 4.69) is 11.9 Å². The molecule has 0 saturated heterocycles. The lowest BCUT2D eigenvalue weighted by Gasteiger charge is -2.06. The molecule has 3 nitrogen and oxygen atoms in total. The fourth-order valence-electron chi connectivity index (χ4n) is 1.73. The van der Waals surface area contributed by atoms with Gasteiger partial charge in [0, 0.05) is 5.39 Å². The zero-order valence-corrected chi connectivity index (χ0v) is 9.53. The molecule has 0 unspecified atom stereocenters. The van der Waals surface area contributed by atoms with E-state index in [1.807, 2.05) is 18.2 Å². The maximum atomic E-state index is 9.80. The molecular weight excluding hydrogens is 202 g/mol. The van der Waals surface area contributed by atoms with Crippen molar-refractivity contribution in [3.8, 4) is 11.5 Å². The van der Waals surface area contributed by atoms with Gasteiger partial charge in [-0.05, 0) is 30.7 Å². The van der Waals surface area contributed by atoms with Gasteiger partial charge in [-0.15, -0.1) is 0 Å². The molecule has 1 heterocycles. The van der Waals surface area contributed by atoms with E-state index in [1.54, 1.807) is 13.2 Å². The molecule has 2 aromatic rings. The van der Waals surface area contributed by atoms with Crippen molar-refractivity contribution in [2.24, 2.45) is 0 Å². The maximum absolute atomic E-state index is 9.80. The number of aromatic nitrogens is 1. The third kappa shape index (κ3) is 1.94. The van der Waals surface area contributed by atoms with Crippen molar-refractivity contribution in [2.75, 3.05) is 7.11 Å². The van der Waals surface area contributed by atoms with Gasteiger partial charge in [-0.3, -0.25) is 0 Å². The summed E-state index contributed by atoms with van der Waals surface area (Å²) < 4.78 is 5.13. The number of pyridine rings is 1. The first-order valence-corrected chi connectivity index (χ1v) is 5.41. The number of aromatic hydroxyl groups is 1. The topological polar surface area (TPSA) is 42.4 Å². The predicted molar refractivity (Wildman–Crippen MR) is 64.0 cm³/mol. The van der Waals surface area contributed by atoms with Crippen LogP contribution in [0.15, 0.2) is 24.3 Å². The number of aryl methyl sites for hydroxylation is 1. The normalized spacial score (nSPS) is 10.6. The molecule has 0 radical (unpaired) electrons. The van der Waals surface area contributed by atoms with Crippen LogP contribution in [0.25, 0.3) is 10.9 Å². The van der Waals surface area contributed by atoms with Crippen molar-refractivity contribution in [3.63, 3.8) is 0 Å². The lowest BCUT2D eigenvalue weighted by atomic mass is 10.1. The average molecular weight is 217 g/mol. The first-order chi connectivity index (χ1) is 7.74. The minimum absolute atomic E-state index is 0.266. The van der Waals surface area contributed by atoms with Gasteiger partial charge in [-0.2, -0.15) is 0 Å². The lowest BCUT2D eigenvalue weighted by molar-refractivity contribution is 0.415. The van der Waals surface area contributed by atoms with Crippen LogP contribution >= 0.6 is 0 Å². The van der Waals surface area contributed by atoms with Crippen molar-refractivity contribution in [2.45, 2.75) is 19.8 Å². The summed E-state index contributed by atoms with van der Waals surface area (Å²) in [5.41, 5.74) is 1.65. The zero-order chi connectivity index (χ0) is 11.5. The Labute approximate surface area is 94.7 Å². The summed E-state index contributed by atoms with van der Waals surface area (Å²) in [4.78, 5) is 4.43. The Morgan fingerprint density at radius 2 is 2.12 bits per heavy atom. The highest BCUT2D eigenvalue weighted by molar-refractivity contribution is 5.81. The Balaban J connectivity index is 2.55. The zero-order valence-electron chi connectivity index (χ0n) is 9.53. The van der Waals surface area contributed by atoms with E-state index in [9.17, 15) is 5.11 Å². The second-order valence-corrected chi connectivity index (χ2v) is 3.76. The quantitative estimate of drug-likeness (QED) is 0.859. The third-order valence-corrected chi connectivity index (χ3v) is 2.56. The first-order valence-electron chi connectivity index (χ1n) is 5.41. The molecule has 84 valence electrons. The van der Waals surface area contributed by atoms with Crippen molar-refractivity contribution in [3.05, 3.63) is 30.0 Å². The highest BCUT2D eigenvalue weighted by Gasteiger charge is 2.05. The minimum Gasteiger partial charge on any atom is -0.506 e. The Kier molecular flexibility index (Phi) is 2.95. The van der Waals surface area contributed by atoms with Crippen LogP contribution in [0, 0.1) is 0 Å². The van der Waals surface area contributed by atoms with Gasteiger partial charge < -0.3 is 9.84 Å². The SMILES string of the molecule is CCCc1nc2ccc(OC)cc2cc1O. The van der Waals surface area contributed by atoms with Gasteiger partial charge in [-0.25, -0.2) is 4.98 Å². The minimum atomic E-state index is 0.266. The van der Waals surface area contributed by atoms with Crippen molar-refractivity contribution >= 4 is 10.9 Å². The predicted octanol–water partition coefficient (Wildman–Crippen LogP) is 2.90. The van der Waals surface area contributed by atoms with Crippen LogP contribution in [0.4, 0.5) is 0 Å². The summed E-state index contributed by atoms with van der Waals surface area (Å²) in [7, 11) is 1.62. The Morgan fingerprint density at radius 3 is 2.81 bits per heavy atom. The summed E-state index contributed by atoms with van der Waals surface area (Å²) in [6, 6.07) is 7.41. The van der Waals surface area contributed by atoms with E-state index in [4.69, 9.17) is 4.74 Å². The van der Waals surface area contributed by atoms with E-state index in [-0.39, 0.29) is 5.75 Å².